The fraction of sp³-hybridized carbons (Fsp3) is 0.141. The zero-order valence-electron chi connectivity index (χ0n) is 53.9. The Morgan fingerprint density at radius 2 is 0.989 bits per heavy atom. The molecule has 0 saturated carbocycles. The number of para-hydroxylation sites is 5. The summed E-state index contributed by atoms with van der Waals surface area (Å²) in [5, 5.41) is 19.0. The van der Waals surface area contributed by atoms with Gasteiger partial charge in [0.2, 0.25) is 12.3 Å². The number of hydrogen-bond donors (Lipinski definition) is 0. The summed E-state index contributed by atoms with van der Waals surface area (Å²) >= 11 is 3.62. The maximum Gasteiger partial charge on any atom is 0.213 e. The SMILES string of the molecule is Cc1ccn(-c2ccccc2)c1.Cc1ccn(-c2ccccc2)c1.Cc1ccoc1.Cc1ccsc1C.Cc1cn(-c2ccccc2)c2ccccc12.Cc1coc2ccccc12.Cc1csc2ccccc12.Cc1nnco1.Cn1cccc1.Cn1cccn1. The van der Waals surface area contributed by atoms with Crippen LogP contribution in [0.5, 0.6) is 0 Å². The first-order valence-electron chi connectivity index (χ1n) is 29.8. The Morgan fingerprint density at radius 1 is 0.418 bits per heavy atom. The molecule has 0 aliphatic carbocycles. The molecule has 0 aliphatic rings. The predicted molar refractivity (Wildman–Crippen MR) is 381 cm³/mol. The number of nitrogens with zero attached hydrogens (tertiary/aromatic N) is 8. The first-order valence-corrected chi connectivity index (χ1v) is 31.6. The van der Waals surface area contributed by atoms with Gasteiger partial charge in [-0.1, -0.05) is 109 Å². The predicted octanol–water partition coefficient (Wildman–Crippen LogP) is 21.2. The maximum absolute atomic E-state index is 5.25. The fourth-order valence-electron chi connectivity index (χ4n) is 8.68. The van der Waals surface area contributed by atoms with E-state index in [0.717, 1.165) is 5.58 Å². The van der Waals surface area contributed by atoms with Crippen molar-refractivity contribution in [3.8, 4) is 17.1 Å². The molecule has 0 spiro atoms. The Labute approximate surface area is 544 Å². The third-order valence-corrected chi connectivity index (χ3v) is 15.8. The molecular weight excluding hydrogens is 1160 g/mol. The minimum Gasteiger partial charge on any atom is -0.472 e. The van der Waals surface area contributed by atoms with E-state index in [1.165, 1.54) is 93.7 Å². The van der Waals surface area contributed by atoms with Gasteiger partial charge in [-0.15, -0.1) is 32.9 Å². The summed E-state index contributed by atoms with van der Waals surface area (Å²) < 4.78 is 26.2. The molecule has 0 saturated heterocycles. The second kappa shape index (κ2) is 36.7. The second-order valence-electron chi connectivity index (χ2n) is 21.2. The summed E-state index contributed by atoms with van der Waals surface area (Å²) in [5.74, 6) is 0.606. The lowest BCUT2D eigenvalue weighted by Gasteiger charge is -2.04. The first-order chi connectivity index (χ1) is 44.2. The number of benzene rings is 6. The molecule has 10 aromatic heterocycles. The number of hydrogen-bond acceptors (Lipinski definition) is 8. The van der Waals surface area contributed by atoms with Crippen molar-refractivity contribution in [3.63, 3.8) is 0 Å². The van der Waals surface area contributed by atoms with Crippen molar-refractivity contribution in [3.05, 3.63) is 348 Å². The van der Waals surface area contributed by atoms with Crippen molar-refractivity contribution >= 4 is 54.6 Å². The molecule has 0 radical (unpaired) electrons. The van der Waals surface area contributed by atoms with Crippen LogP contribution < -0.4 is 0 Å². The lowest BCUT2D eigenvalue weighted by atomic mass is 10.2. The maximum atomic E-state index is 5.25. The van der Waals surface area contributed by atoms with Gasteiger partial charge in [0, 0.05) is 114 Å². The lowest BCUT2D eigenvalue weighted by Crippen LogP contribution is -1.90. The Hall–Kier alpha value is -10.5. The Bertz CT molecular complexity index is 4180. The van der Waals surface area contributed by atoms with E-state index in [1.54, 1.807) is 47.9 Å². The molecule has 16 aromatic rings. The van der Waals surface area contributed by atoms with Gasteiger partial charge in [0.15, 0.2) is 0 Å². The van der Waals surface area contributed by atoms with Gasteiger partial charge in [0.1, 0.15) is 5.58 Å². The number of aryl methyl sites for hydroxylation is 11. The summed E-state index contributed by atoms with van der Waals surface area (Å²) in [7, 11) is 3.89. The lowest BCUT2D eigenvalue weighted by molar-refractivity contribution is 0.518. The van der Waals surface area contributed by atoms with Crippen molar-refractivity contribution < 1.29 is 13.3 Å². The zero-order valence-corrected chi connectivity index (χ0v) is 55.5. The van der Waals surface area contributed by atoms with Crippen LogP contribution in [0.15, 0.2) is 311 Å². The molecule has 16 rings (SSSR count). The monoisotopic (exact) mass is 1240 g/mol. The largest absolute Gasteiger partial charge is 0.472 e. The van der Waals surface area contributed by atoms with Crippen LogP contribution in [0.2, 0.25) is 0 Å². The van der Waals surface area contributed by atoms with E-state index in [4.69, 9.17) is 8.83 Å². The van der Waals surface area contributed by atoms with Crippen LogP contribution in [-0.4, -0.2) is 38.2 Å². The van der Waals surface area contributed by atoms with Crippen LogP contribution >= 0.6 is 22.7 Å². The third-order valence-electron chi connectivity index (χ3n) is 13.7. The molecule has 91 heavy (non-hydrogen) atoms. The van der Waals surface area contributed by atoms with Crippen molar-refractivity contribution in [2.45, 2.75) is 62.3 Å². The van der Waals surface area contributed by atoms with Crippen LogP contribution in [0.3, 0.4) is 0 Å². The van der Waals surface area contributed by atoms with Gasteiger partial charge in [-0.3, -0.25) is 4.68 Å². The van der Waals surface area contributed by atoms with Crippen LogP contribution in [0.4, 0.5) is 0 Å². The molecule has 0 bridgehead atoms. The van der Waals surface area contributed by atoms with E-state index in [0.29, 0.717) is 5.89 Å². The normalized spacial score (nSPS) is 9.92. The average molecular weight is 1240 g/mol. The zero-order chi connectivity index (χ0) is 64.6. The summed E-state index contributed by atoms with van der Waals surface area (Å²) in [4.78, 5) is 1.43. The standard InChI is InChI=1S/C15H13N.2C11H11N.C9H8O.C9H8S.C6H8S.C5H7N.C5H6O.C4H6N2.C3H4N2O/c1-12-11-16(13-7-3-2-4-8-13)15-10-6-5-9-14(12)15;2*1-10-7-8-12(9-10)11-5-3-2-4-6-11;2*1-7-6-10-9-5-3-2-4-8(7)9;1-5-3-4-7-6(5)2;1-6-4-2-3-5-6;1-5-2-3-6-4-5;1-6-4-2-3-5-6;1-3-5-4-2-6-3/h2-11H,1H3;2*2-9H,1H3;2*2-6H,1H3;3-4H,1-2H3;2-5H,1H3;2*2-4H,1H3;2H,1H3. The van der Waals surface area contributed by atoms with Crippen LogP contribution in [-0.2, 0) is 14.1 Å². The van der Waals surface area contributed by atoms with Crippen molar-refractivity contribution in [2.24, 2.45) is 14.1 Å². The minimum absolute atomic E-state index is 0.606. The minimum atomic E-state index is 0.606. The van der Waals surface area contributed by atoms with Crippen LogP contribution in [0, 0.1) is 62.3 Å². The van der Waals surface area contributed by atoms with Gasteiger partial charge in [-0.05, 0) is 208 Å². The van der Waals surface area contributed by atoms with E-state index in [1.807, 2.05) is 147 Å². The molecule has 0 aliphatic heterocycles. The molecule has 10 heterocycles. The molecule has 464 valence electrons. The molecule has 11 nitrogen and oxygen atoms in total. The molecule has 0 atom stereocenters. The molecule has 13 heteroatoms. The van der Waals surface area contributed by atoms with Gasteiger partial charge in [-0.25, -0.2) is 0 Å². The topological polar surface area (TPSA) is 103 Å². The number of fused-ring (bicyclic) bond motifs is 3. The fourth-order valence-corrected chi connectivity index (χ4v) is 10.4. The molecule has 0 fully saturated rings. The van der Waals surface area contributed by atoms with E-state index >= 15 is 0 Å². The summed E-state index contributed by atoms with van der Waals surface area (Å²) in [6.45, 7) is 18.5. The van der Waals surface area contributed by atoms with E-state index in [-0.39, 0.29) is 0 Å². The molecule has 6 aromatic carbocycles. The molecule has 0 unspecified atom stereocenters. The highest BCUT2D eigenvalue weighted by molar-refractivity contribution is 7.17. The van der Waals surface area contributed by atoms with Gasteiger partial charge in [0.25, 0.3) is 0 Å². The van der Waals surface area contributed by atoms with Gasteiger partial charge < -0.3 is 31.5 Å². The van der Waals surface area contributed by atoms with Crippen LogP contribution in [0.1, 0.15) is 49.7 Å². The van der Waals surface area contributed by atoms with E-state index in [2.05, 4.69) is 238 Å². The van der Waals surface area contributed by atoms with Crippen molar-refractivity contribution in [1.29, 1.82) is 0 Å². The summed E-state index contributed by atoms with van der Waals surface area (Å²) in [6, 6.07) is 70.3. The smallest absolute Gasteiger partial charge is 0.213 e. The van der Waals surface area contributed by atoms with Gasteiger partial charge in [-0.2, -0.15) is 5.10 Å². The quantitative estimate of drug-likeness (QED) is 0.175. The Balaban J connectivity index is 0.000000146. The number of rotatable bonds is 3. The Morgan fingerprint density at radius 3 is 1.40 bits per heavy atom. The Kier molecular flexibility index (Phi) is 27.5. The highest BCUT2D eigenvalue weighted by Crippen LogP contribution is 2.25. The van der Waals surface area contributed by atoms with Crippen molar-refractivity contribution in [2.75, 3.05) is 0 Å². The van der Waals surface area contributed by atoms with E-state index < -0.39 is 0 Å². The highest BCUT2D eigenvalue weighted by atomic mass is 32.1. The highest BCUT2D eigenvalue weighted by Gasteiger charge is 2.05. The third kappa shape index (κ3) is 22.9. The second-order valence-corrected chi connectivity index (χ2v) is 23.2. The summed E-state index contributed by atoms with van der Waals surface area (Å²) in [6.07, 6.45) is 24.7. The molecule has 0 N–H and O–H groups in total. The van der Waals surface area contributed by atoms with E-state index in [9.17, 15) is 0 Å². The number of aromatic nitrogens is 8. The van der Waals surface area contributed by atoms with Crippen molar-refractivity contribution in [1.82, 2.24) is 38.2 Å². The molecule has 0 amide bonds. The first kappa shape index (κ1) is 68.0. The van der Waals surface area contributed by atoms with Gasteiger partial charge in [0.05, 0.1) is 24.3 Å². The summed E-state index contributed by atoms with van der Waals surface area (Å²) in [5.41, 5.74) is 15.0. The average Bonchev–Trinajstić information content (AvgIpc) is 1.79. The number of thiophene rings is 2. The number of furan rings is 2. The molecular formula is C78H82N8O3S2. The van der Waals surface area contributed by atoms with Crippen LogP contribution in [0.25, 0.3) is 49.0 Å². The van der Waals surface area contributed by atoms with Gasteiger partial charge >= 0.3 is 0 Å².